The zero-order chi connectivity index (χ0) is 15.1. The van der Waals surface area contributed by atoms with Gasteiger partial charge in [0.05, 0.1) is 0 Å². The molecule has 0 spiro atoms. The van der Waals surface area contributed by atoms with Gasteiger partial charge in [-0.3, -0.25) is 4.79 Å². The predicted molar refractivity (Wildman–Crippen MR) is 78.6 cm³/mol. The average molecular weight is 281 g/mol. The van der Waals surface area contributed by atoms with Crippen LogP contribution in [0.3, 0.4) is 0 Å². The summed E-state index contributed by atoms with van der Waals surface area (Å²) >= 11 is 0. The molecule has 0 unspecified atom stereocenters. The smallest absolute Gasteiger partial charge is 0.135 e. The molecular formula is C16H24FNO2. The van der Waals surface area contributed by atoms with Crippen molar-refractivity contribution in [3.63, 3.8) is 0 Å². The first-order chi connectivity index (χ1) is 9.42. The van der Waals surface area contributed by atoms with Crippen molar-refractivity contribution in [2.24, 2.45) is 5.92 Å². The molecule has 1 aromatic carbocycles. The molecule has 0 aromatic heterocycles. The number of rotatable bonds is 8. The van der Waals surface area contributed by atoms with Gasteiger partial charge in [-0.15, -0.1) is 0 Å². The number of hydrogen-bond donors (Lipinski definition) is 1. The van der Waals surface area contributed by atoms with E-state index in [4.69, 9.17) is 4.74 Å². The fraction of sp³-hybridized carbons (Fsp3) is 0.562. The summed E-state index contributed by atoms with van der Waals surface area (Å²) in [4.78, 5) is 11.6. The number of carbonyl (C=O) groups excluding carboxylic acids is 1. The van der Waals surface area contributed by atoms with Gasteiger partial charge in [0.2, 0.25) is 0 Å². The molecule has 0 bridgehead atoms. The second kappa shape index (κ2) is 8.00. The molecule has 0 fully saturated rings. The summed E-state index contributed by atoms with van der Waals surface area (Å²) in [5, 5.41) is 3.01. The van der Waals surface area contributed by atoms with E-state index in [1.165, 1.54) is 12.1 Å². The second-order valence-corrected chi connectivity index (χ2v) is 5.40. The third-order valence-electron chi connectivity index (χ3n) is 3.06. The molecule has 0 aliphatic carbocycles. The fourth-order valence-electron chi connectivity index (χ4n) is 1.95. The summed E-state index contributed by atoms with van der Waals surface area (Å²) < 4.78 is 19.2. The third-order valence-corrected chi connectivity index (χ3v) is 3.06. The van der Waals surface area contributed by atoms with E-state index in [0.717, 1.165) is 5.56 Å². The number of aryl methyl sites for hydroxylation is 1. The Labute approximate surface area is 120 Å². The molecule has 0 heterocycles. The van der Waals surface area contributed by atoms with Gasteiger partial charge in [0.15, 0.2) is 0 Å². The van der Waals surface area contributed by atoms with Crippen LogP contribution in [0.2, 0.25) is 0 Å². The number of halogens is 1. The van der Waals surface area contributed by atoms with Gasteiger partial charge in [-0.25, -0.2) is 4.39 Å². The third kappa shape index (κ3) is 5.70. The van der Waals surface area contributed by atoms with Crippen LogP contribution in [-0.4, -0.2) is 25.5 Å². The van der Waals surface area contributed by atoms with E-state index in [2.05, 4.69) is 5.32 Å². The van der Waals surface area contributed by atoms with Gasteiger partial charge in [-0.05, 0) is 38.1 Å². The largest absolute Gasteiger partial charge is 0.489 e. The Kier molecular flexibility index (Phi) is 6.65. The van der Waals surface area contributed by atoms with E-state index >= 15 is 0 Å². The molecule has 4 heteroatoms. The lowest BCUT2D eigenvalue weighted by molar-refractivity contribution is -0.121. The van der Waals surface area contributed by atoms with E-state index in [1.54, 1.807) is 0 Å². The zero-order valence-electron chi connectivity index (χ0n) is 12.7. The van der Waals surface area contributed by atoms with Crippen LogP contribution in [0.25, 0.3) is 0 Å². The molecule has 0 saturated heterocycles. The van der Waals surface area contributed by atoms with Crippen molar-refractivity contribution >= 4 is 5.78 Å². The van der Waals surface area contributed by atoms with Crippen molar-refractivity contribution in [3.8, 4) is 5.75 Å². The highest BCUT2D eigenvalue weighted by Crippen LogP contribution is 2.19. The summed E-state index contributed by atoms with van der Waals surface area (Å²) in [5.74, 6) is 0.404. The standard InChI is InChI=1S/C16H24FNO2/c1-11(2)16(19)6-5-13-7-14(17)9-15(8-13)20-12(3)10-18-4/h7-9,11-12,18H,5-6,10H2,1-4H3/t12-/m0/s1. The molecule has 1 aromatic rings. The van der Waals surface area contributed by atoms with Gasteiger partial charge in [0, 0.05) is 24.9 Å². The van der Waals surface area contributed by atoms with E-state index < -0.39 is 0 Å². The Bertz CT molecular complexity index is 446. The molecule has 112 valence electrons. The van der Waals surface area contributed by atoms with Crippen LogP contribution in [0.5, 0.6) is 5.75 Å². The molecule has 0 saturated carbocycles. The summed E-state index contributed by atoms with van der Waals surface area (Å²) in [6, 6.07) is 4.64. The molecule has 0 amide bonds. The molecular weight excluding hydrogens is 257 g/mol. The predicted octanol–water partition coefficient (Wildman–Crippen LogP) is 2.97. The minimum absolute atomic E-state index is 0.0231. The molecule has 0 aliphatic heterocycles. The lowest BCUT2D eigenvalue weighted by Crippen LogP contribution is -2.26. The normalized spacial score (nSPS) is 12.5. The molecule has 0 aliphatic rings. The Morgan fingerprint density at radius 2 is 2.00 bits per heavy atom. The number of likely N-dealkylation sites (N-methyl/N-ethyl adjacent to an activating group) is 1. The molecule has 20 heavy (non-hydrogen) atoms. The van der Waals surface area contributed by atoms with Crippen molar-refractivity contribution in [3.05, 3.63) is 29.6 Å². The van der Waals surface area contributed by atoms with Crippen LogP contribution < -0.4 is 10.1 Å². The maximum atomic E-state index is 13.6. The Balaban J connectivity index is 2.68. The number of nitrogens with one attached hydrogen (secondary N) is 1. The number of benzene rings is 1. The van der Waals surface area contributed by atoms with E-state index in [-0.39, 0.29) is 23.6 Å². The van der Waals surface area contributed by atoms with E-state index in [1.807, 2.05) is 33.9 Å². The zero-order valence-corrected chi connectivity index (χ0v) is 12.7. The molecule has 1 N–H and O–H groups in total. The number of ether oxygens (including phenoxy) is 1. The van der Waals surface area contributed by atoms with Gasteiger partial charge >= 0.3 is 0 Å². The van der Waals surface area contributed by atoms with E-state index in [9.17, 15) is 9.18 Å². The lowest BCUT2D eigenvalue weighted by atomic mass is 10.0. The van der Waals surface area contributed by atoms with Gasteiger partial charge in [-0.1, -0.05) is 13.8 Å². The van der Waals surface area contributed by atoms with Crippen LogP contribution in [0.15, 0.2) is 18.2 Å². The van der Waals surface area contributed by atoms with Crippen LogP contribution in [-0.2, 0) is 11.2 Å². The van der Waals surface area contributed by atoms with Gasteiger partial charge in [0.25, 0.3) is 0 Å². The number of carbonyl (C=O) groups is 1. The molecule has 3 nitrogen and oxygen atoms in total. The summed E-state index contributed by atoms with van der Waals surface area (Å²) in [6.07, 6.45) is 0.949. The number of hydrogen-bond acceptors (Lipinski definition) is 3. The highest BCUT2D eigenvalue weighted by atomic mass is 19.1. The van der Waals surface area contributed by atoms with Gasteiger partial charge in [-0.2, -0.15) is 0 Å². The highest BCUT2D eigenvalue weighted by molar-refractivity contribution is 5.80. The average Bonchev–Trinajstić information content (AvgIpc) is 2.35. The maximum Gasteiger partial charge on any atom is 0.135 e. The Hall–Kier alpha value is -1.42. The molecule has 1 rings (SSSR count). The second-order valence-electron chi connectivity index (χ2n) is 5.40. The van der Waals surface area contributed by atoms with Crippen LogP contribution in [0, 0.1) is 11.7 Å². The van der Waals surface area contributed by atoms with Crippen molar-refractivity contribution in [2.45, 2.75) is 39.7 Å². The van der Waals surface area contributed by atoms with Crippen molar-refractivity contribution in [1.82, 2.24) is 5.32 Å². The van der Waals surface area contributed by atoms with Crippen molar-refractivity contribution in [2.75, 3.05) is 13.6 Å². The van der Waals surface area contributed by atoms with Crippen molar-refractivity contribution < 1.29 is 13.9 Å². The van der Waals surface area contributed by atoms with Crippen LogP contribution in [0.1, 0.15) is 32.8 Å². The molecule has 1 atom stereocenters. The SMILES string of the molecule is CNC[C@H](C)Oc1cc(F)cc(CCC(=O)C(C)C)c1. The van der Waals surface area contributed by atoms with Gasteiger partial charge in [0.1, 0.15) is 23.5 Å². The number of Topliss-reactive ketones (excluding diaryl/α,β-unsaturated/α-hetero) is 1. The Morgan fingerprint density at radius 1 is 1.30 bits per heavy atom. The quantitative estimate of drug-likeness (QED) is 0.796. The summed E-state index contributed by atoms with van der Waals surface area (Å²) in [7, 11) is 1.84. The monoisotopic (exact) mass is 281 g/mol. The minimum atomic E-state index is -0.328. The summed E-state index contributed by atoms with van der Waals surface area (Å²) in [6.45, 7) is 6.37. The van der Waals surface area contributed by atoms with Crippen LogP contribution >= 0.6 is 0 Å². The fourth-order valence-corrected chi connectivity index (χ4v) is 1.95. The van der Waals surface area contributed by atoms with E-state index in [0.29, 0.717) is 25.1 Å². The highest BCUT2D eigenvalue weighted by Gasteiger charge is 2.10. The maximum absolute atomic E-state index is 13.6. The first-order valence-electron chi connectivity index (χ1n) is 7.05. The van der Waals surface area contributed by atoms with Gasteiger partial charge < -0.3 is 10.1 Å². The minimum Gasteiger partial charge on any atom is -0.489 e. The molecule has 0 radical (unpaired) electrons. The van der Waals surface area contributed by atoms with Crippen LogP contribution in [0.4, 0.5) is 4.39 Å². The number of ketones is 1. The lowest BCUT2D eigenvalue weighted by Gasteiger charge is -2.15. The Morgan fingerprint density at radius 3 is 2.60 bits per heavy atom. The first kappa shape index (κ1) is 16.6. The topological polar surface area (TPSA) is 38.3 Å². The first-order valence-corrected chi connectivity index (χ1v) is 7.05. The summed E-state index contributed by atoms with van der Waals surface area (Å²) in [5.41, 5.74) is 0.797. The van der Waals surface area contributed by atoms with Crippen molar-refractivity contribution in [1.29, 1.82) is 0 Å².